The predicted molar refractivity (Wildman–Crippen MR) is 86.4 cm³/mol. The summed E-state index contributed by atoms with van der Waals surface area (Å²) in [5, 5.41) is 3.30. The lowest BCUT2D eigenvalue weighted by atomic mass is 9.80. The first-order valence-corrected chi connectivity index (χ1v) is 7.28. The number of halogens is 1. The molecule has 1 amide bonds. The largest absolute Gasteiger partial charge is 0.495 e. The Balaban J connectivity index is 2.89. The van der Waals surface area contributed by atoms with Crippen molar-refractivity contribution >= 4 is 23.2 Å². The molecule has 0 bridgehead atoms. The molecule has 5 heteroatoms. The summed E-state index contributed by atoms with van der Waals surface area (Å²) < 4.78 is 10.4. The van der Waals surface area contributed by atoms with E-state index in [1.807, 2.05) is 0 Å². The van der Waals surface area contributed by atoms with E-state index >= 15 is 0 Å². The lowest BCUT2D eigenvalue weighted by Crippen LogP contribution is -2.24. The van der Waals surface area contributed by atoms with E-state index in [-0.39, 0.29) is 17.2 Å². The van der Waals surface area contributed by atoms with E-state index in [1.54, 1.807) is 12.1 Å². The summed E-state index contributed by atoms with van der Waals surface area (Å²) in [6.45, 7) is 8.43. The van der Waals surface area contributed by atoms with E-state index in [4.69, 9.17) is 21.1 Å². The molecule has 0 spiro atoms. The summed E-state index contributed by atoms with van der Waals surface area (Å²) in [5.41, 5.74) is 0.643. The normalized spacial score (nSPS) is 12.7. The van der Waals surface area contributed by atoms with Gasteiger partial charge >= 0.3 is 0 Å². The Bertz CT molecular complexity index is 509. The SMILES string of the molecule is COc1cc(NC(=O)CC(C)C(C)(C)C)c(OC)cc1Cl. The van der Waals surface area contributed by atoms with E-state index < -0.39 is 0 Å². The Hall–Kier alpha value is -1.42. The van der Waals surface area contributed by atoms with Crippen molar-refractivity contribution in [3.8, 4) is 11.5 Å². The van der Waals surface area contributed by atoms with Gasteiger partial charge in [0.1, 0.15) is 11.5 Å². The van der Waals surface area contributed by atoms with Crippen LogP contribution in [0, 0.1) is 11.3 Å². The molecule has 0 aromatic heterocycles. The van der Waals surface area contributed by atoms with Crippen LogP contribution in [-0.2, 0) is 4.79 Å². The molecule has 1 atom stereocenters. The second-order valence-electron chi connectivity index (χ2n) is 6.21. The van der Waals surface area contributed by atoms with Gasteiger partial charge in [0.15, 0.2) is 0 Å². The molecule has 1 unspecified atom stereocenters. The van der Waals surface area contributed by atoms with Crippen LogP contribution in [0.5, 0.6) is 11.5 Å². The highest BCUT2D eigenvalue weighted by atomic mass is 35.5. The van der Waals surface area contributed by atoms with Crippen molar-refractivity contribution in [2.24, 2.45) is 11.3 Å². The Morgan fingerprint density at radius 1 is 1.24 bits per heavy atom. The molecular formula is C16H24ClNO3. The molecule has 0 heterocycles. The Morgan fingerprint density at radius 2 is 1.81 bits per heavy atom. The fraction of sp³-hybridized carbons (Fsp3) is 0.562. The van der Waals surface area contributed by atoms with Gasteiger partial charge in [0, 0.05) is 18.6 Å². The quantitative estimate of drug-likeness (QED) is 0.878. The van der Waals surface area contributed by atoms with Gasteiger partial charge in [0.05, 0.1) is 24.9 Å². The second kappa shape index (κ2) is 7.03. The van der Waals surface area contributed by atoms with Gasteiger partial charge < -0.3 is 14.8 Å². The number of carbonyl (C=O) groups is 1. The van der Waals surface area contributed by atoms with Gasteiger partial charge in [-0.15, -0.1) is 0 Å². The van der Waals surface area contributed by atoms with Crippen LogP contribution in [0.3, 0.4) is 0 Å². The van der Waals surface area contributed by atoms with Gasteiger partial charge in [-0.25, -0.2) is 0 Å². The van der Waals surface area contributed by atoms with E-state index in [1.165, 1.54) is 14.2 Å². The minimum Gasteiger partial charge on any atom is -0.495 e. The fourth-order valence-corrected chi connectivity index (χ4v) is 1.97. The van der Waals surface area contributed by atoms with Crippen LogP contribution in [0.25, 0.3) is 0 Å². The fourth-order valence-electron chi connectivity index (χ4n) is 1.74. The molecule has 0 fully saturated rings. The lowest BCUT2D eigenvalue weighted by Gasteiger charge is -2.26. The van der Waals surface area contributed by atoms with Gasteiger partial charge in [-0.1, -0.05) is 39.3 Å². The number of anilines is 1. The van der Waals surface area contributed by atoms with Crippen molar-refractivity contribution in [1.82, 2.24) is 0 Å². The molecule has 1 aromatic carbocycles. The van der Waals surface area contributed by atoms with Crippen molar-refractivity contribution in [1.29, 1.82) is 0 Å². The standard InChI is InChI=1S/C16H24ClNO3/c1-10(16(2,3)4)7-15(19)18-12-9-13(20-5)11(17)8-14(12)21-6/h8-10H,7H2,1-6H3,(H,18,19). The summed E-state index contributed by atoms with van der Waals surface area (Å²) >= 11 is 6.04. The molecule has 118 valence electrons. The summed E-state index contributed by atoms with van der Waals surface area (Å²) in [4.78, 5) is 12.2. The first kappa shape index (κ1) is 17.6. The third kappa shape index (κ3) is 4.81. The molecule has 0 aliphatic heterocycles. The maximum atomic E-state index is 12.2. The molecule has 1 rings (SSSR count). The Labute approximate surface area is 131 Å². The Morgan fingerprint density at radius 3 is 2.29 bits per heavy atom. The van der Waals surface area contributed by atoms with Gasteiger partial charge in [-0.05, 0) is 11.3 Å². The molecule has 0 aliphatic rings. The minimum absolute atomic E-state index is 0.0555. The van der Waals surface area contributed by atoms with E-state index in [2.05, 4.69) is 33.0 Å². The highest BCUT2D eigenvalue weighted by Crippen LogP contribution is 2.36. The minimum atomic E-state index is -0.0555. The van der Waals surface area contributed by atoms with Crippen LogP contribution >= 0.6 is 11.6 Å². The number of methoxy groups -OCH3 is 2. The van der Waals surface area contributed by atoms with Crippen LogP contribution in [0.1, 0.15) is 34.1 Å². The third-order valence-corrected chi connectivity index (χ3v) is 4.01. The van der Waals surface area contributed by atoms with Crippen LogP contribution in [0.2, 0.25) is 5.02 Å². The summed E-state index contributed by atoms with van der Waals surface area (Å²) in [6, 6.07) is 3.30. The zero-order valence-corrected chi connectivity index (χ0v) is 14.3. The molecule has 0 saturated heterocycles. The van der Waals surface area contributed by atoms with Gasteiger partial charge in [0.25, 0.3) is 0 Å². The monoisotopic (exact) mass is 313 g/mol. The number of nitrogens with one attached hydrogen (secondary N) is 1. The molecule has 0 aliphatic carbocycles. The molecule has 1 aromatic rings. The van der Waals surface area contributed by atoms with E-state index in [0.717, 1.165) is 0 Å². The number of ether oxygens (including phenoxy) is 2. The van der Waals surface area contributed by atoms with Gasteiger partial charge in [0.2, 0.25) is 5.91 Å². The molecule has 1 N–H and O–H groups in total. The average Bonchev–Trinajstić information content (AvgIpc) is 2.38. The van der Waals surface area contributed by atoms with Crippen LogP contribution < -0.4 is 14.8 Å². The number of hydrogen-bond donors (Lipinski definition) is 1. The zero-order valence-electron chi connectivity index (χ0n) is 13.5. The van der Waals surface area contributed by atoms with Crippen LogP contribution in [-0.4, -0.2) is 20.1 Å². The van der Waals surface area contributed by atoms with Crippen molar-refractivity contribution in [3.05, 3.63) is 17.2 Å². The topological polar surface area (TPSA) is 47.6 Å². The predicted octanol–water partition coefficient (Wildman–Crippen LogP) is 4.37. The maximum Gasteiger partial charge on any atom is 0.224 e. The van der Waals surface area contributed by atoms with Gasteiger partial charge in [-0.3, -0.25) is 4.79 Å². The van der Waals surface area contributed by atoms with Crippen molar-refractivity contribution < 1.29 is 14.3 Å². The van der Waals surface area contributed by atoms with Crippen molar-refractivity contribution in [2.45, 2.75) is 34.1 Å². The Kier molecular flexibility index (Phi) is 5.90. The summed E-state index contributed by atoms with van der Waals surface area (Å²) in [5.74, 6) is 1.21. The lowest BCUT2D eigenvalue weighted by molar-refractivity contribution is -0.117. The highest BCUT2D eigenvalue weighted by Gasteiger charge is 2.23. The highest BCUT2D eigenvalue weighted by molar-refractivity contribution is 6.32. The van der Waals surface area contributed by atoms with E-state index in [0.29, 0.717) is 28.6 Å². The smallest absolute Gasteiger partial charge is 0.224 e. The molecule has 0 saturated carbocycles. The number of benzene rings is 1. The number of amides is 1. The summed E-state index contributed by atoms with van der Waals surface area (Å²) in [6.07, 6.45) is 0.442. The molecular weight excluding hydrogens is 290 g/mol. The molecule has 0 radical (unpaired) electrons. The first-order chi connectivity index (χ1) is 9.68. The van der Waals surface area contributed by atoms with Crippen LogP contribution in [0.15, 0.2) is 12.1 Å². The van der Waals surface area contributed by atoms with E-state index in [9.17, 15) is 4.79 Å². The third-order valence-electron chi connectivity index (χ3n) is 3.72. The van der Waals surface area contributed by atoms with Crippen molar-refractivity contribution in [3.63, 3.8) is 0 Å². The van der Waals surface area contributed by atoms with Gasteiger partial charge in [-0.2, -0.15) is 0 Å². The van der Waals surface area contributed by atoms with Crippen molar-refractivity contribution in [2.75, 3.05) is 19.5 Å². The second-order valence-corrected chi connectivity index (χ2v) is 6.61. The molecule has 21 heavy (non-hydrogen) atoms. The van der Waals surface area contributed by atoms with Crippen LogP contribution in [0.4, 0.5) is 5.69 Å². The molecule has 4 nitrogen and oxygen atoms in total. The number of hydrogen-bond acceptors (Lipinski definition) is 3. The number of carbonyl (C=O) groups excluding carboxylic acids is 1. The first-order valence-electron chi connectivity index (χ1n) is 6.90. The maximum absolute atomic E-state index is 12.2. The zero-order chi connectivity index (χ0) is 16.2. The average molecular weight is 314 g/mol. The number of rotatable bonds is 5. The summed E-state index contributed by atoms with van der Waals surface area (Å²) in [7, 11) is 3.06.